The molecule has 0 radical (unpaired) electrons. The summed E-state index contributed by atoms with van der Waals surface area (Å²) >= 11 is 1.57. The van der Waals surface area contributed by atoms with Gasteiger partial charge in [0.15, 0.2) is 10.9 Å². The molecule has 182 valence electrons. The summed E-state index contributed by atoms with van der Waals surface area (Å²) in [6.07, 6.45) is 12.0. The molecule has 1 fully saturated rings. The van der Waals surface area contributed by atoms with Crippen molar-refractivity contribution in [2.75, 3.05) is 31.3 Å². The molecule has 1 unspecified atom stereocenters. The summed E-state index contributed by atoms with van der Waals surface area (Å²) in [6.45, 7) is 2.55. The van der Waals surface area contributed by atoms with Gasteiger partial charge in [0.1, 0.15) is 0 Å². The first-order valence-corrected chi connectivity index (χ1v) is 12.5. The highest BCUT2D eigenvalue weighted by Crippen LogP contribution is 2.40. The van der Waals surface area contributed by atoms with Gasteiger partial charge in [-0.3, -0.25) is 14.6 Å². The Balaban J connectivity index is 1.37. The Morgan fingerprint density at radius 3 is 2.66 bits per heavy atom. The molecule has 1 atom stereocenters. The lowest BCUT2D eigenvalue weighted by atomic mass is 9.85. The summed E-state index contributed by atoms with van der Waals surface area (Å²) in [6, 6.07) is 7.70. The van der Waals surface area contributed by atoms with Crippen molar-refractivity contribution >= 4 is 34.1 Å². The number of hydrogen-bond donors (Lipinski definition) is 2. The van der Waals surface area contributed by atoms with Crippen molar-refractivity contribution in [1.29, 1.82) is 0 Å². The van der Waals surface area contributed by atoms with Crippen molar-refractivity contribution in [3.05, 3.63) is 65.4 Å². The van der Waals surface area contributed by atoms with Crippen LogP contribution in [0.4, 0.5) is 10.9 Å². The van der Waals surface area contributed by atoms with Crippen molar-refractivity contribution in [2.24, 2.45) is 0 Å². The lowest BCUT2D eigenvalue weighted by molar-refractivity contribution is -0.117. The average molecular weight is 491 g/mol. The highest BCUT2D eigenvalue weighted by atomic mass is 32.1. The van der Waals surface area contributed by atoms with E-state index in [1.807, 2.05) is 56.4 Å². The first kappa shape index (κ1) is 24.7. The van der Waals surface area contributed by atoms with Crippen LogP contribution < -0.4 is 10.6 Å². The topological polar surface area (TPSA) is 100 Å². The van der Waals surface area contributed by atoms with Crippen LogP contribution in [-0.4, -0.2) is 52.3 Å². The third-order valence-electron chi connectivity index (χ3n) is 5.98. The van der Waals surface area contributed by atoms with Crippen LogP contribution in [0, 0.1) is 0 Å². The van der Waals surface area contributed by atoms with E-state index < -0.39 is 0 Å². The van der Waals surface area contributed by atoms with Crippen LogP contribution in [0.25, 0.3) is 11.3 Å². The molecule has 0 spiro atoms. The number of nitrogens with one attached hydrogen (secondary N) is 2. The first-order valence-electron chi connectivity index (χ1n) is 11.7. The van der Waals surface area contributed by atoms with Gasteiger partial charge in [-0.25, -0.2) is 9.97 Å². The van der Waals surface area contributed by atoms with Gasteiger partial charge in [-0.2, -0.15) is 0 Å². The summed E-state index contributed by atoms with van der Waals surface area (Å²) in [7, 11) is 3.86. The predicted octanol–water partition coefficient (Wildman–Crippen LogP) is 4.67. The fourth-order valence-electron chi connectivity index (χ4n) is 3.64. The van der Waals surface area contributed by atoms with Crippen LogP contribution >= 0.6 is 11.3 Å². The number of benzene rings is 1. The van der Waals surface area contributed by atoms with Crippen molar-refractivity contribution in [3.8, 4) is 11.3 Å². The Morgan fingerprint density at radius 1 is 1.14 bits per heavy atom. The number of likely N-dealkylation sites (N-methyl/N-ethyl adjacent to an activating group) is 1. The molecule has 0 saturated heterocycles. The number of carbonyl (C=O) groups is 2. The van der Waals surface area contributed by atoms with E-state index >= 15 is 0 Å². The van der Waals surface area contributed by atoms with Gasteiger partial charge in [0.05, 0.1) is 24.0 Å². The van der Waals surface area contributed by atoms with Crippen LogP contribution in [0.1, 0.15) is 48.5 Å². The molecule has 8 nitrogen and oxygen atoms in total. The lowest BCUT2D eigenvalue weighted by Crippen LogP contribution is -2.18. The lowest BCUT2D eigenvalue weighted by Gasteiger charge is -2.23. The Morgan fingerprint density at radius 2 is 1.97 bits per heavy atom. The smallest absolute Gasteiger partial charge is 0.249 e. The van der Waals surface area contributed by atoms with E-state index in [9.17, 15) is 9.59 Å². The minimum atomic E-state index is -0.355. The fraction of sp³-hybridized carbons (Fsp3) is 0.346. The van der Waals surface area contributed by atoms with E-state index in [4.69, 9.17) is 0 Å². The monoisotopic (exact) mass is 490 g/mol. The zero-order chi connectivity index (χ0) is 24.8. The predicted molar refractivity (Wildman–Crippen MR) is 140 cm³/mol. The number of thiazole rings is 1. The molecule has 35 heavy (non-hydrogen) atoms. The van der Waals surface area contributed by atoms with Crippen LogP contribution in [-0.2, 0) is 9.59 Å². The zero-order valence-electron chi connectivity index (χ0n) is 20.2. The van der Waals surface area contributed by atoms with Crippen LogP contribution in [0.5, 0.6) is 0 Å². The van der Waals surface area contributed by atoms with Gasteiger partial charge in [0.2, 0.25) is 11.8 Å². The van der Waals surface area contributed by atoms with Gasteiger partial charge >= 0.3 is 0 Å². The van der Waals surface area contributed by atoms with Crippen molar-refractivity contribution in [2.45, 2.75) is 38.0 Å². The molecule has 9 heteroatoms. The molecular weight excluding hydrogens is 460 g/mol. The second-order valence-electron chi connectivity index (χ2n) is 8.97. The van der Waals surface area contributed by atoms with Crippen molar-refractivity contribution in [1.82, 2.24) is 19.9 Å². The van der Waals surface area contributed by atoms with E-state index in [1.165, 1.54) is 36.4 Å². The van der Waals surface area contributed by atoms with Crippen LogP contribution in [0.2, 0.25) is 0 Å². The molecule has 1 aliphatic carbocycles. The van der Waals surface area contributed by atoms with Gasteiger partial charge in [0, 0.05) is 29.3 Å². The quantitative estimate of drug-likeness (QED) is 0.423. The molecule has 2 N–H and O–H groups in total. The molecule has 0 bridgehead atoms. The van der Waals surface area contributed by atoms with E-state index in [-0.39, 0.29) is 17.7 Å². The zero-order valence-corrected chi connectivity index (χ0v) is 21.0. The Labute approximate surface area is 209 Å². The largest absolute Gasteiger partial charge is 0.306 e. The van der Waals surface area contributed by atoms with E-state index in [1.54, 1.807) is 23.6 Å². The maximum Gasteiger partial charge on any atom is 0.249 e. The Kier molecular flexibility index (Phi) is 7.99. The van der Waals surface area contributed by atoms with Gasteiger partial charge < -0.3 is 15.5 Å². The van der Waals surface area contributed by atoms with Crippen molar-refractivity contribution < 1.29 is 9.59 Å². The summed E-state index contributed by atoms with van der Waals surface area (Å²) in [4.78, 5) is 41.2. The third kappa shape index (κ3) is 6.58. The molecule has 3 aromatic rings. The number of carbonyl (C=O) groups excluding carboxylic acids is 2. The average Bonchev–Trinajstić information content (AvgIpc) is 3.25. The highest BCUT2D eigenvalue weighted by molar-refractivity contribution is 7.15. The second kappa shape index (κ2) is 11.3. The summed E-state index contributed by atoms with van der Waals surface area (Å²) in [5.41, 5.74) is 2.38. The molecule has 2 aromatic heterocycles. The Hall–Kier alpha value is -3.43. The maximum absolute atomic E-state index is 12.9. The normalized spacial score (nSPS) is 14.6. The van der Waals surface area contributed by atoms with Crippen LogP contribution in [0.3, 0.4) is 0 Å². The number of nitrogens with zero attached hydrogens (tertiary/aromatic N) is 4. The molecule has 4 rings (SSSR count). The standard InChI is InChI=1S/C26H30N6O2S/c1-17(25(34)31-26-29-15-22(35-26)18-7-4-8-18)19-9-5-10-20(13-19)21-14-28-23(16-27-21)30-24(33)11-6-12-32(2)3/h5-6,9-11,13-18H,4,7-8,12H2,1-3H3,(H,28,30,33)(H,29,31,34)/b11-6+. The minimum Gasteiger partial charge on any atom is -0.306 e. The molecule has 2 amide bonds. The molecule has 1 saturated carbocycles. The van der Waals surface area contributed by atoms with Gasteiger partial charge in [-0.1, -0.05) is 30.7 Å². The summed E-state index contributed by atoms with van der Waals surface area (Å²) in [5.74, 6) is 0.278. The second-order valence-corrected chi connectivity index (χ2v) is 10.0. The molecule has 2 heterocycles. The number of hydrogen-bond acceptors (Lipinski definition) is 7. The summed E-state index contributed by atoms with van der Waals surface area (Å²) < 4.78 is 0. The van der Waals surface area contributed by atoms with Gasteiger partial charge in [0.25, 0.3) is 0 Å². The van der Waals surface area contributed by atoms with Crippen molar-refractivity contribution in [3.63, 3.8) is 0 Å². The molecule has 1 aromatic carbocycles. The van der Waals surface area contributed by atoms with E-state index in [0.717, 1.165) is 11.1 Å². The molecular formula is C26H30N6O2S. The summed E-state index contributed by atoms with van der Waals surface area (Å²) in [5, 5.41) is 6.32. The minimum absolute atomic E-state index is 0.0943. The van der Waals surface area contributed by atoms with Crippen LogP contribution in [0.15, 0.2) is 55.0 Å². The van der Waals surface area contributed by atoms with Gasteiger partial charge in [-0.05, 0) is 51.4 Å². The SMILES string of the molecule is CC(C(=O)Nc1ncc(C2CCC2)s1)c1cccc(-c2cnc(NC(=O)/C=C/CN(C)C)cn2)c1. The number of rotatable bonds is 9. The maximum atomic E-state index is 12.9. The van der Waals surface area contributed by atoms with E-state index in [2.05, 4.69) is 25.6 Å². The molecule has 0 aliphatic heterocycles. The Bertz CT molecular complexity index is 1200. The fourth-order valence-corrected chi connectivity index (χ4v) is 4.63. The molecule has 1 aliphatic rings. The van der Waals surface area contributed by atoms with Gasteiger partial charge in [-0.15, -0.1) is 11.3 Å². The number of amides is 2. The highest BCUT2D eigenvalue weighted by Gasteiger charge is 2.23. The third-order valence-corrected chi connectivity index (χ3v) is 7.06. The van der Waals surface area contributed by atoms with E-state index in [0.29, 0.717) is 29.1 Å². The number of aromatic nitrogens is 3. The number of anilines is 2. The first-order chi connectivity index (χ1) is 16.9.